The van der Waals surface area contributed by atoms with Crippen LogP contribution in [0.4, 0.5) is 17.6 Å². The first-order valence-electron chi connectivity index (χ1n) is 7.41. The second kappa shape index (κ2) is 7.47. The molecule has 0 aliphatic heterocycles. The maximum atomic E-state index is 5.74. The van der Waals surface area contributed by atoms with Crippen LogP contribution in [0.3, 0.4) is 0 Å². The summed E-state index contributed by atoms with van der Waals surface area (Å²) in [5, 5.41) is 6.50. The van der Waals surface area contributed by atoms with E-state index in [4.69, 9.17) is 5.73 Å². The van der Waals surface area contributed by atoms with Crippen LogP contribution in [0.15, 0.2) is 30.3 Å². The van der Waals surface area contributed by atoms with Gasteiger partial charge < -0.3 is 16.4 Å². The number of nitrogens with two attached hydrogens (primary N) is 1. The lowest BCUT2D eigenvalue weighted by Crippen LogP contribution is -2.08. The first-order chi connectivity index (χ1) is 10.2. The normalized spacial score (nSPS) is 10.4. The van der Waals surface area contributed by atoms with Crippen molar-refractivity contribution in [3.63, 3.8) is 0 Å². The number of hydrogen-bond donors (Lipinski definition) is 3. The van der Waals surface area contributed by atoms with E-state index in [9.17, 15) is 0 Å². The Hall–Kier alpha value is -2.30. The minimum absolute atomic E-state index is 0.278. The van der Waals surface area contributed by atoms with Crippen LogP contribution in [0.25, 0.3) is 0 Å². The van der Waals surface area contributed by atoms with Gasteiger partial charge in [0.05, 0.1) is 0 Å². The van der Waals surface area contributed by atoms with E-state index in [0.717, 1.165) is 31.0 Å². The molecule has 1 aromatic heterocycles. The Morgan fingerprint density at radius 3 is 2.19 bits per heavy atom. The third-order valence-electron chi connectivity index (χ3n) is 3.20. The molecule has 0 aliphatic carbocycles. The molecule has 5 heteroatoms. The molecule has 1 heterocycles. The predicted molar refractivity (Wildman–Crippen MR) is 88.4 cm³/mol. The SMILES string of the molecule is CCCNc1cc(NCc2ccc(CC)cc2)nc(N)n1. The number of nitrogen functional groups attached to an aromatic ring is 1. The summed E-state index contributed by atoms with van der Waals surface area (Å²) in [6, 6.07) is 10.4. The van der Waals surface area contributed by atoms with Crippen molar-refractivity contribution >= 4 is 17.6 Å². The number of anilines is 3. The number of nitrogens with zero attached hydrogens (tertiary/aromatic N) is 2. The van der Waals surface area contributed by atoms with Crippen molar-refractivity contribution in [2.45, 2.75) is 33.2 Å². The molecule has 4 N–H and O–H groups in total. The third kappa shape index (κ3) is 4.63. The molecule has 0 unspecified atom stereocenters. The summed E-state index contributed by atoms with van der Waals surface area (Å²) in [6.07, 6.45) is 2.10. The maximum Gasteiger partial charge on any atom is 0.223 e. The first-order valence-corrected chi connectivity index (χ1v) is 7.41. The van der Waals surface area contributed by atoms with Gasteiger partial charge in [0, 0.05) is 19.2 Å². The summed E-state index contributed by atoms with van der Waals surface area (Å²) in [5.41, 5.74) is 8.29. The second-order valence-electron chi connectivity index (χ2n) is 4.95. The van der Waals surface area contributed by atoms with Crippen molar-refractivity contribution in [3.8, 4) is 0 Å². The van der Waals surface area contributed by atoms with Crippen LogP contribution in [-0.2, 0) is 13.0 Å². The van der Waals surface area contributed by atoms with Gasteiger partial charge in [-0.1, -0.05) is 38.1 Å². The average Bonchev–Trinajstić information content (AvgIpc) is 2.51. The number of rotatable bonds is 7. The molecule has 0 atom stereocenters. The molecule has 2 rings (SSSR count). The molecule has 5 nitrogen and oxygen atoms in total. The smallest absolute Gasteiger partial charge is 0.223 e. The van der Waals surface area contributed by atoms with Crippen LogP contribution in [0.1, 0.15) is 31.4 Å². The van der Waals surface area contributed by atoms with Gasteiger partial charge in [-0.2, -0.15) is 9.97 Å². The van der Waals surface area contributed by atoms with Gasteiger partial charge in [0.2, 0.25) is 5.95 Å². The number of hydrogen-bond acceptors (Lipinski definition) is 5. The highest BCUT2D eigenvalue weighted by atomic mass is 15.1. The van der Waals surface area contributed by atoms with Gasteiger partial charge in [0.1, 0.15) is 11.6 Å². The largest absolute Gasteiger partial charge is 0.370 e. The van der Waals surface area contributed by atoms with Gasteiger partial charge in [-0.3, -0.25) is 0 Å². The van der Waals surface area contributed by atoms with Gasteiger partial charge in [-0.05, 0) is 24.0 Å². The van der Waals surface area contributed by atoms with E-state index >= 15 is 0 Å². The highest BCUT2D eigenvalue weighted by molar-refractivity contribution is 5.51. The fourth-order valence-corrected chi connectivity index (χ4v) is 1.99. The standard InChI is InChI=1S/C16H23N5/c1-3-9-18-14-10-15(21-16(17)20-14)19-11-13-7-5-12(4-2)6-8-13/h5-8,10H,3-4,9,11H2,1-2H3,(H4,17,18,19,20,21). The van der Waals surface area contributed by atoms with Crippen molar-refractivity contribution in [2.75, 3.05) is 22.9 Å². The maximum absolute atomic E-state index is 5.74. The van der Waals surface area contributed by atoms with Crippen molar-refractivity contribution in [3.05, 3.63) is 41.5 Å². The number of nitrogens with one attached hydrogen (secondary N) is 2. The quantitative estimate of drug-likeness (QED) is 0.729. The van der Waals surface area contributed by atoms with Crippen molar-refractivity contribution in [1.82, 2.24) is 9.97 Å². The molecule has 0 saturated carbocycles. The topological polar surface area (TPSA) is 75.9 Å². The lowest BCUT2D eigenvalue weighted by Gasteiger charge is -2.10. The van der Waals surface area contributed by atoms with Crippen molar-refractivity contribution < 1.29 is 0 Å². The Morgan fingerprint density at radius 1 is 0.952 bits per heavy atom. The fraction of sp³-hybridized carbons (Fsp3) is 0.375. The van der Waals surface area contributed by atoms with Crippen LogP contribution in [0.2, 0.25) is 0 Å². The van der Waals surface area contributed by atoms with Gasteiger partial charge in [0.15, 0.2) is 0 Å². The van der Waals surface area contributed by atoms with Gasteiger partial charge in [-0.25, -0.2) is 0 Å². The molecule has 0 amide bonds. The third-order valence-corrected chi connectivity index (χ3v) is 3.20. The van der Waals surface area contributed by atoms with Crippen LogP contribution < -0.4 is 16.4 Å². The van der Waals surface area contributed by atoms with E-state index in [1.807, 2.05) is 6.07 Å². The lowest BCUT2D eigenvalue weighted by molar-refractivity contribution is 0.965. The summed E-state index contributed by atoms with van der Waals surface area (Å²) >= 11 is 0. The van der Waals surface area contributed by atoms with Crippen LogP contribution in [0, 0.1) is 0 Å². The summed E-state index contributed by atoms with van der Waals surface area (Å²) in [4.78, 5) is 8.37. The number of benzene rings is 1. The fourth-order valence-electron chi connectivity index (χ4n) is 1.99. The minimum atomic E-state index is 0.278. The van der Waals surface area contributed by atoms with Crippen LogP contribution in [-0.4, -0.2) is 16.5 Å². The zero-order valence-corrected chi connectivity index (χ0v) is 12.7. The molecular formula is C16H23N5. The Morgan fingerprint density at radius 2 is 1.57 bits per heavy atom. The molecule has 1 aromatic carbocycles. The number of aromatic nitrogens is 2. The van der Waals surface area contributed by atoms with E-state index < -0.39 is 0 Å². The molecule has 0 radical (unpaired) electrons. The highest BCUT2D eigenvalue weighted by Gasteiger charge is 2.02. The van der Waals surface area contributed by atoms with E-state index in [2.05, 4.69) is 58.7 Å². The predicted octanol–water partition coefficient (Wildman–Crippen LogP) is 3.06. The van der Waals surface area contributed by atoms with E-state index in [1.54, 1.807) is 0 Å². The van der Waals surface area contributed by atoms with Gasteiger partial charge in [0.25, 0.3) is 0 Å². The highest BCUT2D eigenvalue weighted by Crippen LogP contribution is 2.14. The van der Waals surface area contributed by atoms with Crippen molar-refractivity contribution in [1.29, 1.82) is 0 Å². The summed E-state index contributed by atoms with van der Waals surface area (Å²) in [6.45, 7) is 5.85. The second-order valence-corrected chi connectivity index (χ2v) is 4.95. The lowest BCUT2D eigenvalue weighted by atomic mass is 10.1. The molecule has 0 spiro atoms. The minimum Gasteiger partial charge on any atom is -0.370 e. The average molecular weight is 285 g/mol. The molecule has 112 valence electrons. The van der Waals surface area contributed by atoms with Gasteiger partial charge in [-0.15, -0.1) is 0 Å². The Bertz CT molecular complexity index is 565. The van der Waals surface area contributed by atoms with E-state index in [0.29, 0.717) is 6.54 Å². The Balaban J connectivity index is 1.99. The molecular weight excluding hydrogens is 262 g/mol. The molecule has 0 saturated heterocycles. The molecule has 2 aromatic rings. The zero-order chi connectivity index (χ0) is 15.1. The molecule has 0 aliphatic rings. The van der Waals surface area contributed by atoms with Gasteiger partial charge >= 0.3 is 0 Å². The summed E-state index contributed by atoms with van der Waals surface area (Å²) in [7, 11) is 0. The van der Waals surface area contributed by atoms with E-state index in [-0.39, 0.29) is 5.95 Å². The van der Waals surface area contributed by atoms with Crippen LogP contribution >= 0.6 is 0 Å². The molecule has 0 fully saturated rings. The first kappa shape index (κ1) is 15.1. The summed E-state index contributed by atoms with van der Waals surface area (Å²) in [5.74, 6) is 1.77. The Kier molecular flexibility index (Phi) is 5.37. The monoisotopic (exact) mass is 285 g/mol. The zero-order valence-electron chi connectivity index (χ0n) is 12.7. The molecule has 0 bridgehead atoms. The summed E-state index contributed by atoms with van der Waals surface area (Å²) < 4.78 is 0. The number of aryl methyl sites for hydroxylation is 1. The van der Waals surface area contributed by atoms with Crippen molar-refractivity contribution in [2.24, 2.45) is 0 Å². The van der Waals surface area contributed by atoms with Crippen LogP contribution in [0.5, 0.6) is 0 Å². The molecule has 21 heavy (non-hydrogen) atoms. The Labute approximate surface area is 126 Å². The van der Waals surface area contributed by atoms with E-state index in [1.165, 1.54) is 11.1 Å².